The van der Waals surface area contributed by atoms with Crippen molar-refractivity contribution < 1.29 is 4.79 Å². The lowest BCUT2D eigenvalue weighted by molar-refractivity contribution is -0.131. The van der Waals surface area contributed by atoms with Crippen LogP contribution in [0.5, 0.6) is 0 Å². The van der Waals surface area contributed by atoms with Crippen molar-refractivity contribution in [1.82, 2.24) is 10.2 Å². The minimum absolute atomic E-state index is 0.0432. The van der Waals surface area contributed by atoms with Crippen LogP contribution in [0.1, 0.15) is 42.4 Å². The Hall–Kier alpha value is -2.84. The van der Waals surface area contributed by atoms with Gasteiger partial charge in [0, 0.05) is 12.1 Å². The van der Waals surface area contributed by atoms with Crippen molar-refractivity contribution in [1.29, 1.82) is 10.7 Å². The highest BCUT2D eigenvalue weighted by Crippen LogP contribution is 2.48. The van der Waals surface area contributed by atoms with Gasteiger partial charge in [0.25, 0.3) is 0 Å². The maximum absolute atomic E-state index is 13.2. The number of benzene rings is 2. The number of halogens is 1. The van der Waals surface area contributed by atoms with E-state index in [-0.39, 0.29) is 17.3 Å². The number of carbonyl (C=O) groups excluding carboxylic acids is 1. The molecule has 6 heteroatoms. The van der Waals surface area contributed by atoms with Gasteiger partial charge in [-0.25, -0.2) is 0 Å². The molecule has 0 bridgehead atoms. The summed E-state index contributed by atoms with van der Waals surface area (Å²) in [4.78, 5) is 14.6. The van der Waals surface area contributed by atoms with Gasteiger partial charge in [0.1, 0.15) is 0 Å². The normalized spacial score (nSPS) is 25.8. The Morgan fingerprint density at radius 1 is 1.21 bits per heavy atom. The molecule has 5 nitrogen and oxygen atoms in total. The van der Waals surface area contributed by atoms with E-state index in [4.69, 9.17) is 17.0 Å². The average Bonchev–Trinajstić information content (AvgIpc) is 3.48. The van der Waals surface area contributed by atoms with Crippen molar-refractivity contribution in [3.8, 4) is 6.07 Å². The van der Waals surface area contributed by atoms with Crippen molar-refractivity contribution in [3.63, 3.8) is 0 Å². The van der Waals surface area contributed by atoms with E-state index in [0.29, 0.717) is 5.02 Å². The third-order valence-electron chi connectivity index (χ3n) is 6.06. The standard InChI is InChI=1S/C22H21ClN4O/c1-21(16-5-3-4-6-17(16)23)18(19(28)27(2)20(25)26-21)14-7-9-15(10-8-14)22(13-24)11-12-22/h3-10,18H,11-12H2,1-2H3,(H2,25,26)/t18-,21-/m1/s1. The summed E-state index contributed by atoms with van der Waals surface area (Å²) in [6.07, 6.45) is 1.76. The van der Waals surface area contributed by atoms with Gasteiger partial charge in [0.2, 0.25) is 5.91 Å². The molecule has 1 saturated heterocycles. The summed E-state index contributed by atoms with van der Waals surface area (Å²) < 4.78 is 0. The quantitative estimate of drug-likeness (QED) is 0.831. The van der Waals surface area contributed by atoms with Gasteiger partial charge in [-0.15, -0.1) is 0 Å². The maximum atomic E-state index is 13.2. The number of nitrogens with one attached hydrogen (secondary N) is 2. The van der Waals surface area contributed by atoms with E-state index in [0.717, 1.165) is 29.5 Å². The Labute approximate surface area is 169 Å². The second-order valence-electron chi connectivity index (χ2n) is 7.80. The lowest BCUT2D eigenvalue weighted by Gasteiger charge is -2.46. The molecule has 2 atom stereocenters. The number of nitriles is 1. The van der Waals surface area contributed by atoms with Crippen LogP contribution < -0.4 is 5.32 Å². The minimum atomic E-state index is -0.868. The lowest BCUT2D eigenvalue weighted by atomic mass is 9.73. The highest BCUT2D eigenvalue weighted by Gasteiger charge is 2.49. The van der Waals surface area contributed by atoms with Crippen LogP contribution in [0.2, 0.25) is 5.02 Å². The highest BCUT2D eigenvalue weighted by atomic mass is 35.5. The van der Waals surface area contributed by atoms with E-state index in [1.54, 1.807) is 13.1 Å². The van der Waals surface area contributed by atoms with E-state index >= 15 is 0 Å². The Kier molecular flexibility index (Phi) is 4.20. The van der Waals surface area contributed by atoms with Crippen LogP contribution in [0, 0.1) is 16.7 Å². The summed E-state index contributed by atoms with van der Waals surface area (Å²) in [6.45, 7) is 1.91. The lowest BCUT2D eigenvalue weighted by Crippen LogP contribution is -2.62. The molecule has 2 aliphatic rings. The fourth-order valence-corrected chi connectivity index (χ4v) is 4.45. The summed E-state index contributed by atoms with van der Waals surface area (Å²) in [5, 5.41) is 21.4. The maximum Gasteiger partial charge on any atom is 0.239 e. The molecular formula is C22H21ClN4O. The number of guanidine groups is 1. The fraction of sp³-hybridized carbons (Fsp3) is 0.318. The molecule has 4 rings (SSSR count). The number of amides is 1. The number of carbonyl (C=O) groups is 1. The van der Waals surface area contributed by atoms with E-state index in [1.807, 2.05) is 49.4 Å². The van der Waals surface area contributed by atoms with E-state index in [2.05, 4.69) is 11.4 Å². The molecule has 2 aromatic carbocycles. The van der Waals surface area contributed by atoms with Gasteiger partial charge < -0.3 is 5.32 Å². The molecular weight excluding hydrogens is 372 g/mol. The third-order valence-corrected chi connectivity index (χ3v) is 6.39. The summed E-state index contributed by atoms with van der Waals surface area (Å²) in [5.41, 5.74) is 1.37. The first-order valence-corrected chi connectivity index (χ1v) is 9.61. The molecule has 28 heavy (non-hydrogen) atoms. The Morgan fingerprint density at radius 2 is 1.86 bits per heavy atom. The van der Waals surface area contributed by atoms with Crippen LogP contribution in [-0.4, -0.2) is 23.8 Å². The predicted octanol–water partition coefficient (Wildman–Crippen LogP) is 3.89. The average molecular weight is 393 g/mol. The molecule has 2 aromatic rings. The molecule has 1 aliphatic heterocycles. The topological polar surface area (TPSA) is 80.0 Å². The zero-order valence-corrected chi connectivity index (χ0v) is 16.5. The van der Waals surface area contributed by atoms with Gasteiger partial charge in [0.15, 0.2) is 5.96 Å². The highest BCUT2D eigenvalue weighted by molar-refractivity contribution is 6.31. The fourth-order valence-electron chi connectivity index (χ4n) is 4.12. The van der Waals surface area contributed by atoms with E-state index < -0.39 is 11.5 Å². The second-order valence-corrected chi connectivity index (χ2v) is 8.21. The third kappa shape index (κ3) is 2.68. The molecule has 0 radical (unpaired) electrons. The molecule has 1 aliphatic carbocycles. The van der Waals surface area contributed by atoms with Crippen LogP contribution in [-0.2, 0) is 15.7 Å². The molecule has 0 spiro atoms. The monoisotopic (exact) mass is 392 g/mol. The molecule has 2 fully saturated rings. The van der Waals surface area contributed by atoms with Crippen molar-refractivity contribution >= 4 is 23.5 Å². The van der Waals surface area contributed by atoms with Gasteiger partial charge in [-0.3, -0.25) is 15.1 Å². The molecule has 1 saturated carbocycles. The Bertz CT molecular complexity index is 1010. The Morgan fingerprint density at radius 3 is 2.43 bits per heavy atom. The van der Waals surface area contributed by atoms with Crippen LogP contribution >= 0.6 is 11.6 Å². The number of hydrogen-bond acceptors (Lipinski definition) is 3. The Balaban J connectivity index is 1.81. The van der Waals surface area contributed by atoms with Crippen molar-refractivity contribution in [2.75, 3.05) is 7.05 Å². The van der Waals surface area contributed by atoms with Crippen LogP contribution in [0.3, 0.4) is 0 Å². The number of rotatable bonds is 3. The van der Waals surface area contributed by atoms with Gasteiger partial charge in [-0.05, 0) is 42.5 Å². The molecule has 142 valence electrons. The van der Waals surface area contributed by atoms with Crippen LogP contribution in [0.15, 0.2) is 48.5 Å². The van der Waals surface area contributed by atoms with Gasteiger partial charge >= 0.3 is 0 Å². The van der Waals surface area contributed by atoms with Gasteiger partial charge in [-0.1, -0.05) is 54.1 Å². The zero-order chi connectivity index (χ0) is 20.1. The minimum Gasteiger partial charge on any atom is -0.346 e. The van der Waals surface area contributed by atoms with Gasteiger partial charge in [-0.2, -0.15) is 5.26 Å². The number of likely N-dealkylation sites (N-methyl/N-ethyl adjacent to an activating group) is 1. The van der Waals surface area contributed by atoms with Gasteiger partial charge in [0.05, 0.1) is 22.9 Å². The predicted molar refractivity (Wildman–Crippen MR) is 108 cm³/mol. The van der Waals surface area contributed by atoms with Crippen molar-refractivity contribution in [2.45, 2.75) is 36.6 Å². The van der Waals surface area contributed by atoms with Crippen molar-refractivity contribution in [3.05, 3.63) is 70.2 Å². The molecule has 0 unspecified atom stereocenters. The van der Waals surface area contributed by atoms with E-state index in [1.165, 1.54) is 4.90 Å². The first kappa shape index (κ1) is 18.5. The van der Waals surface area contributed by atoms with Crippen LogP contribution in [0.25, 0.3) is 0 Å². The summed E-state index contributed by atoms with van der Waals surface area (Å²) in [6, 6.07) is 17.6. The second kappa shape index (κ2) is 6.35. The molecule has 1 heterocycles. The van der Waals surface area contributed by atoms with Crippen LogP contribution in [0.4, 0.5) is 0 Å². The van der Waals surface area contributed by atoms with E-state index in [9.17, 15) is 10.1 Å². The van der Waals surface area contributed by atoms with Crippen molar-refractivity contribution in [2.24, 2.45) is 0 Å². The largest absolute Gasteiger partial charge is 0.346 e. The number of nitrogens with zero attached hydrogens (tertiary/aromatic N) is 2. The molecule has 0 aromatic heterocycles. The summed E-state index contributed by atoms with van der Waals surface area (Å²) in [5.74, 6) is -0.681. The SMILES string of the molecule is CN1C(=N)N[C@](C)(c2ccccc2Cl)[C@H](c2ccc(C3(C#N)CC3)cc2)C1=O. The zero-order valence-electron chi connectivity index (χ0n) is 15.8. The smallest absolute Gasteiger partial charge is 0.239 e. The molecule has 2 N–H and O–H groups in total. The number of hydrogen-bond donors (Lipinski definition) is 2. The summed E-state index contributed by atoms with van der Waals surface area (Å²) >= 11 is 6.47. The summed E-state index contributed by atoms with van der Waals surface area (Å²) in [7, 11) is 1.60. The molecule has 1 amide bonds. The first-order valence-electron chi connectivity index (χ1n) is 9.23. The first-order chi connectivity index (χ1) is 13.3.